The average molecular weight is 416 g/mol. The van der Waals surface area contributed by atoms with Crippen molar-refractivity contribution in [3.8, 4) is 11.4 Å². The van der Waals surface area contributed by atoms with E-state index in [0.29, 0.717) is 39.9 Å². The average Bonchev–Trinajstić information content (AvgIpc) is 3.20. The Morgan fingerprint density at radius 1 is 1.24 bits per heavy atom. The summed E-state index contributed by atoms with van der Waals surface area (Å²) in [5, 5.41) is 0.553. The molecule has 0 unspecified atom stereocenters. The summed E-state index contributed by atoms with van der Waals surface area (Å²) in [5.74, 6) is 1.13. The third-order valence-electron chi connectivity index (χ3n) is 5.14. The van der Waals surface area contributed by atoms with Gasteiger partial charge in [0.05, 0.1) is 12.8 Å². The van der Waals surface area contributed by atoms with Gasteiger partial charge in [-0.15, -0.1) is 0 Å². The highest BCUT2D eigenvalue weighted by Crippen LogP contribution is 2.30. The Balaban J connectivity index is 2.10. The summed E-state index contributed by atoms with van der Waals surface area (Å²) >= 11 is 6.22. The number of aromatic nitrogens is 5. The van der Waals surface area contributed by atoms with E-state index in [1.165, 1.54) is 9.13 Å². The summed E-state index contributed by atoms with van der Waals surface area (Å²) in [5.41, 5.74) is 1.58. The zero-order valence-electron chi connectivity index (χ0n) is 16.8. The van der Waals surface area contributed by atoms with Gasteiger partial charge in [-0.25, -0.2) is 4.79 Å². The number of benzene rings is 1. The molecule has 0 saturated carbocycles. The third-order valence-corrected chi connectivity index (χ3v) is 5.38. The second-order valence-corrected chi connectivity index (χ2v) is 7.46. The third kappa shape index (κ3) is 2.86. The van der Waals surface area contributed by atoms with E-state index in [-0.39, 0.29) is 11.2 Å². The van der Waals surface area contributed by atoms with E-state index in [0.717, 1.165) is 18.5 Å². The van der Waals surface area contributed by atoms with Crippen molar-refractivity contribution in [3.05, 3.63) is 56.0 Å². The van der Waals surface area contributed by atoms with Crippen LogP contribution in [0.2, 0.25) is 5.02 Å². The Hall–Kier alpha value is -3.00. The first-order valence-electron chi connectivity index (χ1n) is 9.42. The maximum atomic E-state index is 13.2. The number of halogens is 1. The fourth-order valence-corrected chi connectivity index (χ4v) is 3.83. The van der Waals surface area contributed by atoms with Crippen LogP contribution in [0.3, 0.4) is 0 Å². The summed E-state index contributed by atoms with van der Waals surface area (Å²) in [6.07, 6.45) is 3.48. The van der Waals surface area contributed by atoms with Crippen molar-refractivity contribution >= 4 is 28.5 Å². The monoisotopic (exact) mass is 415 g/mol. The minimum atomic E-state index is -0.361. The first-order chi connectivity index (χ1) is 13.9. The lowest BCUT2D eigenvalue weighted by Gasteiger charge is -2.11. The lowest BCUT2D eigenvalue weighted by molar-refractivity contribution is 0.413. The van der Waals surface area contributed by atoms with Gasteiger partial charge in [0.1, 0.15) is 5.75 Å². The number of methoxy groups -OCH3 is 1. The van der Waals surface area contributed by atoms with Gasteiger partial charge in [0.25, 0.3) is 5.56 Å². The molecule has 0 saturated heterocycles. The fraction of sp³-hybridized carbons (Fsp3) is 0.350. The van der Waals surface area contributed by atoms with Crippen LogP contribution in [0.15, 0.2) is 34.0 Å². The Bertz CT molecular complexity index is 1360. The van der Waals surface area contributed by atoms with Crippen molar-refractivity contribution in [1.29, 1.82) is 0 Å². The van der Waals surface area contributed by atoms with Crippen LogP contribution in [0.1, 0.15) is 25.5 Å². The smallest absolute Gasteiger partial charge is 0.332 e. The van der Waals surface area contributed by atoms with Gasteiger partial charge >= 0.3 is 5.69 Å². The first-order valence-corrected chi connectivity index (χ1v) is 9.80. The van der Waals surface area contributed by atoms with Crippen LogP contribution in [0.5, 0.6) is 5.75 Å². The molecule has 4 aromatic rings. The Labute approximate surface area is 171 Å². The molecule has 3 heterocycles. The van der Waals surface area contributed by atoms with Gasteiger partial charge in [-0.1, -0.05) is 24.9 Å². The molecule has 4 rings (SSSR count). The number of aryl methyl sites for hydroxylation is 2. The predicted octanol–water partition coefficient (Wildman–Crippen LogP) is 2.91. The van der Waals surface area contributed by atoms with Crippen LogP contribution < -0.4 is 16.0 Å². The SMILES string of the molecule is CCCCn1c(=O)c2c(nc3n(-c4cc(Cl)ccc4OC)c(C)cn23)n(C)c1=O. The molecular formula is C20H22ClN5O3. The van der Waals surface area contributed by atoms with E-state index in [1.54, 1.807) is 36.8 Å². The number of nitrogens with zero attached hydrogens (tertiary/aromatic N) is 5. The number of hydrogen-bond acceptors (Lipinski definition) is 4. The maximum Gasteiger partial charge on any atom is 0.332 e. The molecule has 0 amide bonds. The van der Waals surface area contributed by atoms with Crippen molar-refractivity contribution in [1.82, 2.24) is 23.1 Å². The molecule has 0 aliphatic rings. The van der Waals surface area contributed by atoms with Crippen molar-refractivity contribution < 1.29 is 4.74 Å². The van der Waals surface area contributed by atoms with Gasteiger partial charge in [0.15, 0.2) is 11.2 Å². The molecular weight excluding hydrogens is 394 g/mol. The fourth-order valence-electron chi connectivity index (χ4n) is 3.66. The Morgan fingerprint density at radius 2 is 2.00 bits per heavy atom. The van der Waals surface area contributed by atoms with Crippen LogP contribution >= 0.6 is 11.6 Å². The quantitative estimate of drug-likeness (QED) is 0.502. The number of hydrogen-bond donors (Lipinski definition) is 0. The summed E-state index contributed by atoms with van der Waals surface area (Å²) in [6.45, 7) is 4.32. The maximum absolute atomic E-state index is 13.2. The van der Waals surface area contributed by atoms with Gasteiger partial charge in [-0.3, -0.25) is 22.9 Å². The highest BCUT2D eigenvalue weighted by atomic mass is 35.5. The minimum absolute atomic E-state index is 0.334. The van der Waals surface area contributed by atoms with Crippen molar-refractivity contribution in [3.63, 3.8) is 0 Å². The van der Waals surface area contributed by atoms with E-state index in [2.05, 4.69) is 4.98 Å². The topological polar surface area (TPSA) is 75.5 Å². The van der Waals surface area contributed by atoms with E-state index in [9.17, 15) is 9.59 Å². The van der Waals surface area contributed by atoms with Crippen LogP contribution in [-0.4, -0.2) is 30.2 Å². The summed E-state index contributed by atoms with van der Waals surface area (Å²) in [6, 6.07) is 5.31. The molecule has 0 aliphatic carbocycles. The summed E-state index contributed by atoms with van der Waals surface area (Å²) in [4.78, 5) is 30.5. The molecule has 9 heteroatoms. The Morgan fingerprint density at radius 3 is 2.69 bits per heavy atom. The molecule has 0 radical (unpaired) electrons. The molecule has 8 nitrogen and oxygen atoms in total. The minimum Gasteiger partial charge on any atom is -0.495 e. The van der Waals surface area contributed by atoms with E-state index in [4.69, 9.17) is 16.3 Å². The van der Waals surface area contributed by atoms with Crippen LogP contribution in [0, 0.1) is 6.92 Å². The molecule has 1 aromatic carbocycles. The van der Waals surface area contributed by atoms with E-state index < -0.39 is 0 Å². The first kappa shape index (κ1) is 19.3. The molecule has 0 fully saturated rings. The van der Waals surface area contributed by atoms with Crippen molar-refractivity contribution in [2.24, 2.45) is 7.05 Å². The van der Waals surface area contributed by atoms with Crippen molar-refractivity contribution in [2.75, 3.05) is 7.11 Å². The van der Waals surface area contributed by atoms with Gasteiger partial charge < -0.3 is 4.74 Å². The molecule has 0 aliphatic heterocycles. The Kier molecular flexibility index (Phi) is 4.74. The lowest BCUT2D eigenvalue weighted by atomic mass is 10.3. The van der Waals surface area contributed by atoms with Gasteiger partial charge in [0, 0.05) is 30.5 Å². The lowest BCUT2D eigenvalue weighted by Crippen LogP contribution is -2.39. The highest BCUT2D eigenvalue weighted by molar-refractivity contribution is 6.30. The normalized spacial score (nSPS) is 11.6. The number of rotatable bonds is 5. The van der Waals surface area contributed by atoms with Gasteiger partial charge in [0.2, 0.25) is 5.78 Å². The van der Waals surface area contributed by atoms with Crippen molar-refractivity contribution in [2.45, 2.75) is 33.2 Å². The molecule has 0 spiro atoms. The summed E-state index contributed by atoms with van der Waals surface area (Å²) in [7, 11) is 3.22. The zero-order valence-corrected chi connectivity index (χ0v) is 17.5. The molecule has 3 aromatic heterocycles. The molecule has 0 atom stereocenters. The second kappa shape index (κ2) is 7.11. The van der Waals surface area contributed by atoms with E-state index >= 15 is 0 Å². The number of unbranched alkanes of at least 4 members (excludes halogenated alkanes) is 1. The van der Waals surface area contributed by atoms with Crippen LogP contribution in [0.25, 0.3) is 22.6 Å². The van der Waals surface area contributed by atoms with E-state index in [1.807, 2.05) is 24.6 Å². The standard InChI is InChI=1S/C20H22ClN5O3/c1-5-6-9-24-18(27)16-17(23(3)20(24)28)22-19-25(16)11-12(2)26(19)14-10-13(21)7-8-15(14)29-4/h7-8,10-11H,5-6,9H2,1-4H3. The summed E-state index contributed by atoms with van der Waals surface area (Å²) < 4.78 is 11.8. The predicted molar refractivity (Wildman–Crippen MR) is 113 cm³/mol. The van der Waals surface area contributed by atoms with Gasteiger partial charge in [-0.05, 0) is 31.5 Å². The van der Waals surface area contributed by atoms with Crippen LogP contribution in [0.4, 0.5) is 0 Å². The molecule has 152 valence electrons. The van der Waals surface area contributed by atoms with Gasteiger partial charge in [-0.2, -0.15) is 4.98 Å². The van der Waals surface area contributed by atoms with Crippen LogP contribution in [-0.2, 0) is 13.6 Å². The number of fused-ring (bicyclic) bond motifs is 3. The molecule has 0 bridgehead atoms. The highest BCUT2D eigenvalue weighted by Gasteiger charge is 2.21. The largest absolute Gasteiger partial charge is 0.495 e. The number of ether oxygens (including phenoxy) is 1. The molecule has 0 N–H and O–H groups in total. The second-order valence-electron chi connectivity index (χ2n) is 7.03. The number of imidazole rings is 2. The zero-order chi connectivity index (χ0) is 20.9. The molecule has 29 heavy (non-hydrogen) atoms.